The van der Waals surface area contributed by atoms with Crippen LogP contribution in [-0.4, -0.2) is 60.9 Å². The fourth-order valence-corrected chi connectivity index (χ4v) is 4.70. The number of carbonyl (C=O) groups excluding carboxylic acids is 2. The van der Waals surface area contributed by atoms with Gasteiger partial charge in [0.2, 0.25) is 5.91 Å². The highest BCUT2D eigenvalue weighted by molar-refractivity contribution is 6.33. The highest BCUT2D eigenvalue weighted by Gasteiger charge is 2.33. The first-order chi connectivity index (χ1) is 15.7. The highest BCUT2D eigenvalue weighted by Crippen LogP contribution is 2.30. The third-order valence-electron chi connectivity index (χ3n) is 6.38. The molecule has 0 radical (unpaired) electrons. The van der Waals surface area contributed by atoms with Crippen LogP contribution >= 0.6 is 11.6 Å². The fourth-order valence-electron chi connectivity index (χ4n) is 4.45. The number of likely N-dealkylation sites (tertiary alicyclic amines) is 1. The van der Waals surface area contributed by atoms with Gasteiger partial charge in [0.1, 0.15) is 0 Å². The Morgan fingerprint density at radius 2 is 1.42 bits per heavy atom. The minimum Gasteiger partial charge on any atom is -0.367 e. The molecule has 0 saturated carbocycles. The lowest BCUT2D eigenvalue weighted by Gasteiger charge is -2.39. The van der Waals surface area contributed by atoms with Crippen molar-refractivity contribution in [3.8, 4) is 0 Å². The summed E-state index contributed by atoms with van der Waals surface area (Å²) in [6.07, 6.45) is -3.33. The van der Waals surface area contributed by atoms with Gasteiger partial charge in [-0.1, -0.05) is 23.7 Å². The largest absolute Gasteiger partial charge is 0.416 e. The lowest BCUT2D eigenvalue weighted by Crippen LogP contribution is -2.52. The zero-order valence-electron chi connectivity index (χ0n) is 18.0. The van der Waals surface area contributed by atoms with Crippen molar-refractivity contribution in [2.75, 3.05) is 44.2 Å². The monoisotopic (exact) mass is 479 g/mol. The van der Waals surface area contributed by atoms with Crippen molar-refractivity contribution >= 4 is 29.1 Å². The van der Waals surface area contributed by atoms with Gasteiger partial charge in [-0.25, -0.2) is 0 Å². The van der Waals surface area contributed by atoms with E-state index in [4.69, 9.17) is 11.6 Å². The highest BCUT2D eigenvalue weighted by atomic mass is 35.5. The topological polar surface area (TPSA) is 43.9 Å². The molecule has 33 heavy (non-hydrogen) atoms. The Balaban J connectivity index is 1.28. The second-order valence-electron chi connectivity index (χ2n) is 8.41. The van der Waals surface area contributed by atoms with Crippen LogP contribution in [0.25, 0.3) is 0 Å². The van der Waals surface area contributed by atoms with Crippen LogP contribution in [0.3, 0.4) is 0 Å². The van der Waals surface area contributed by atoms with Crippen molar-refractivity contribution in [1.29, 1.82) is 0 Å². The number of carbonyl (C=O) groups is 2. The van der Waals surface area contributed by atoms with Gasteiger partial charge in [-0.15, -0.1) is 0 Å². The third kappa shape index (κ3) is 5.27. The van der Waals surface area contributed by atoms with Crippen LogP contribution in [-0.2, 0) is 11.0 Å². The van der Waals surface area contributed by atoms with Gasteiger partial charge in [0.05, 0.1) is 16.3 Å². The normalized spacial score (nSPS) is 17.9. The number of piperidine rings is 1. The summed E-state index contributed by atoms with van der Waals surface area (Å²) in [6.45, 7) is 3.48. The molecule has 2 aromatic rings. The minimum absolute atomic E-state index is 0.107. The standard InChI is InChI=1S/C24H25ClF3N3O2/c25-20-3-1-2-4-21(20)29-13-15-31(16-14-29)23(33)18-9-11-30(12-10-18)22(32)17-5-7-19(8-6-17)24(26,27)28/h1-8,18H,9-16H2. The molecule has 0 unspecified atom stereocenters. The second-order valence-corrected chi connectivity index (χ2v) is 8.81. The number of piperazine rings is 1. The number of benzene rings is 2. The smallest absolute Gasteiger partial charge is 0.367 e. The summed E-state index contributed by atoms with van der Waals surface area (Å²) in [7, 11) is 0. The van der Waals surface area contributed by atoms with Crippen LogP contribution in [0.1, 0.15) is 28.8 Å². The Hall–Kier alpha value is -2.74. The first-order valence-electron chi connectivity index (χ1n) is 11.0. The summed E-state index contributed by atoms with van der Waals surface area (Å²) in [6, 6.07) is 11.9. The Morgan fingerprint density at radius 3 is 2.00 bits per heavy atom. The first-order valence-corrected chi connectivity index (χ1v) is 11.4. The van der Waals surface area contributed by atoms with E-state index >= 15 is 0 Å². The van der Waals surface area contributed by atoms with E-state index in [2.05, 4.69) is 4.90 Å². The summed E-state index contributed by atoms with van der Waals surface area (Å²) in [5, 5.41) is 0.697. The number of rotatable bonds is 3. The predicted molar refractivity (Wildman–Crippen MR) is 120 cm³/mol. The number of para-hydroxylation sites is 1. The van der Waals surface area contributed by atoms with Crippen molar-refractivity contribution < 1.29 is 22.8 Å². The Bertz CT molecular complexity index is 997. The third-order valence-corrected chi connectivity index (χ3v) is 6.69. The van der Waals surface area contributed by atoms with Gasteiger partial charge < -0.3 is 14.7 Å². The van der Waals surface area contributed by atoms with Crippen molar-refractivity contribution in [1.82, 2.24) is 9.80 Å². The van der Waals surface area contributed by atoms with Crippen molar-refractivity contribution in [3.63, 3.8) is 0 Å². The summed E-state index contributed by atoms with van der Waals surface area (Å²) in [4.78, 5) is 31.4. The van der Waals surface area contributed by atoms with Crippen molar-refractivity contribution in [2.24, 2.45) is 5.92 Å². The first kappa shape index (κ1) is 23.4. The number of hydrogen-bond acceptors (Lipinski definition) is 3. The lowest BCUT2D eigenvalue weighted by atomic mass is 9.94. The molecular weight excluding hydrogens is 455 g/mol. The van der Waals surface area contributed by atoms with E-state index in [0.29, 0.717) is 57.1 Å². The minimum atomic E-state index is -4.43. The molecule has 0 bridgehead atoms. The molecule has 176 valence electrons. The SMILES string of the molecule is O=C(c1ccc(C(F)(F)F)cc1)N1CCC(C(=O)N2CCN(c3ccccc3Cl)CC2)CC1. The van der Waals surface area contributed by atoms with Gasteiger partial charge in [-0.05, 0) is 49.2 Å². The number of anilines is 1. The van der Waals surface area contributed by atoms with E-state index in [1.54, 1.807) is 4.90 Å². The van der Waals surface area contributed by atoms with Crippen LogP contribution in [0.15, 0.2) is 48.5 Å². The van der Waals surface area contributed by atoms with E-state index in [-0.39, 0.29) is 23.3 Å². The molecule has 2 aliphatic rings. The average molecular weight is 480 g/mol. The van der Waals surface area contributed by atoms with Crippen molar-refractivity contribution in [2.45, 2.75) is 19.0 Å². The quantitative estimate of drug-likeness (QED) is 0.648. The maximum Gasteiger partial charge on any atom is 0.416 e. The fraction of sp³-hybridized carbons (Fsp3) is 0.417. The Morgan fingerprint density at radius 1 is 0.818 bits per heavy atom. The molecule has 2 heterocycles. The molecule has 2 aromatic carbocycles. The zero-order chi connectivity index (χ0) is 23.6. The van der Waals surface area contributed by atoms with Gasteiger partial charge >= 0.3 is 6.18 Å². The average Bonchev–Trinajstić information content (AvgIpc) is 2.83. The summed E-state index contributed by atoms with van der Waals surface area (Å²) < 4.78 is 38.2. The van der Waals surface area contributed by atoms with Crippen LogP contribution in [0.4, 0.5) is 18.9 Å². The Kier molecular flexibility index (Phi) is 6.83. The predicted octanol–water partition coefficient (Wildman–Crippen LogP) is 4.56. The summed E-state index contributed by atoms with van der Waals surface area (Å²) in [5.41, 5.74) is 0.419. The van der Waals surface area contributed by atoms with Gasteiger partial charge in [-0.2, -0.15) is 13.2 Å². The summed E-state index contributed by atoms with van der Waals surface area (Å²) >= 11 is 6.28. The Labute approximate surface area is 195 Å². The molecule has 2 saturated heterocycles. The molecule has 2 fully saturated rings. The number of alkyl halides is 3. The molecule has 5 nitrogen and oxygen atoms in total. The van der Waals surface area contributed by atoms with Crippen LogP contribution in [0.2, 0.25) is 5.02 Å². The molecular formula is C24H25ClF3N3O2. The van der Waals surface area contributed by atoms with Gasteiger partial charge in [0, 0.05) is 50.7 Å². The van der Waals surface area contributed by atoms with E-state index < -0.39 is 11.7 Å². The molecule has 2 amide bonds. The van der Waals surface area contributed by atoms with E-state index in [1.165, 1.54) is 12.1 Å². The van der Waals surface area contributed by atoms with Crippen molar-refractivity contribution in [3.05, 3.63) is 64.7 Å². The maximum atomic E-state index is 13.0. The van der Waals surface area contributed by atoms with Gasteiger partial charge in [-0.3, -0.25) is 9.59 Å². The van der Waals surface area contributed by atoms with Crippen LogP contribution < -0.4 is 4.90 Å². The van der Waals surface area contributed by atoms with Crippen LogP contribution in [0, 0.1) is 5.92 Å². The van der Waals surface area contributed by atoms with E-state index in [9.17, 15) is 22.8 Å². The number of halogens is 4. The molecule has 2 aliphatic heterocycles. The number of hydrogen-bond donors (Lipinski definition) is 0. The molecule has 0 spiro atoms. The van der Waals surface area contributed by atoms with E-state index in [0.717, 1.165) is 17.8 Å². The van der Waals surface area contributed by atoms with Gasteiger partial charge in [0.15, 0.2) is 0 Å². The molecule has 0 aliphatic carbocycles. The van der Waals surface area contributed by atoms with Crippen LogP contribution in [0.5, 0.6) is 0 Å². The number of nitrogens with zero attached hydrogens (tertiary/aromatic N) is 3. The van der Waals surface area contributed by atoms with E-state index in [1.807, 2.05) is 29.2 Å². The molecule has 0 N–H and O–H groups in total. The lowest BCUT2D eigenvalue weighted by molar-refractivity contribution is -0.138. The number of amides is 2. The second kappa shape index (κ2) is 9.63. The molecule has 4 rings (SSSR count). The molecule has 0 atom stereocenters. The molecule has 0 aromatic heterocycles. The molecule has 9 heteroatoms. The summed E-state index contributed by atoms with van der Waals surface area (Å²) in [5.74, 6) is -0.341. The maximum absolute atomic E-state index is 13.0. The zero-order valence-corrected chi connectivity index (χ0v) is 18.8. The van der Waals surface area contributed by atoms with Gasteiger partial charge in [0.25, 0.3) is 5.91 Å².